The summed E-state index contributed by atoms with van der Waals surface area (Å²) in [6.45, 7) is 1.63. The first-order valence-corrected chi connectivity index (χ1v) is 11.1. The highest BCUT2D eigenvalue weighted by molar-refractivity contribution is 7.22. The minimum Gasteiger partial charge on any atom is -0.348 e. The molecule has 156 valence electrons. The first kappa shape index (κ1) is 19.0. The third-order valence-corrected chi connectivity index (χ3v) is 7.11. The van der Waals surface area contributed by atoms with Gasteiger partial charge in [-0.15, -0.1) is 0 Å². The lowest BCUT2D eigenvalue weighted by Crippen LogP contribution is -2.41. The number of aryl methyl sites for hydroxylation is 1. The second-order valence-electron chi connectivity index (χ2n) is 7.93. The third kappa shape index (κ3) is 3.13. The van der Waals surface area contributed by atoms with Crippen molar-refractivity contribution < 1.29 is 4.79 Å². The average molecular weight is 426 g/mol. The van der Waals surface area contributed by atoms with Gasteiger partial charge >= 0.3 is 5.69 Å². The quantitative estimate of drug-likeness (QED) is 0.685. The van der Waals surface area contributed by atoms with Gasteiger partial charge in [0.05, 0.1) is 6.04 Å². The molecule has 1 atom stereocenters. The molecule has 1 amide bonds. The maximum absolute atomic E-state index is 12.8. The van der Waals surface area contributed by atoms with Gasteiger partial charge in [-0.25, -0.2) is 9.78 Å². The van der Waals surface area contributed by atoms with Gasteiger partial charge in [0.1, 0.15) is 11.2 Å². The van der Waals surface area contributed by atoms with Crippen molar-refractivity contribution >= 4 is 32.7 Å². The summed E-state index contributed by atoms with van der Waals surface area (Å²) in [5, 5.41) is 3.79. The Hall–Kier alpha value is -2.94. The van der Waals surface area contributed by atoms with Crippen molar-refractivity contribution in [2.24, 2.45) is 7.05 Å². The van der Waals surface area contributed by atoms with E-state index in [0.717, 1.165) is 54.0 Å². The molecule has 3 aromatic rings. The first-order valence-electron chi connectivity index (χ1n) is 10.3. The molecule has 2 aliphatic rings. The molecule has 1 saturated heterocycles. The Labute approximate surface area is 176 Å². The van der Waals surface area contributed by atoms with Gasteiger partial charge in [0.2, 0.25) is 5.91 Å². The maximum atomic E-state index is 12.8. The van der Waals surface area contributed by atoms with E-state index in [-0.39, 0.29) is 24.1 Å². The molecular formula is C21H23N5O3S. The minimum absolute atomic E-state index is 0.0528. The van der Waals surface area contributed by atoms with E-state index in [0.29, 0.717) is 10.3 Å². The van der Waals surface area contributed by atoms with Crippen LogP contribution in [0.15, 0.2) is 33.9 Å². The van der Waals surface area contributed by atoms with E-state index >= 15 is 0 Å². The van der Waals surface area contributed by atoms with Gasteiger partial charge in [-0.1, -0.05) is 35.6 Å². The monoisotopic (exact) mass is 425 g/mol. The largest absolute Gasteiger partial charge is 0.348 e. The molecule has 30 heavy (non-hydrogen) atoms. The Balaban J connectivity index is 1.47. The summed E-state index contributed by atoms with van der Waals surface area (Å²) in [5.41, 5.74) is 1.80. The van der Waals surface area contributed by atoms with Gasteiger partial charge in [0, 0.05) is 20.1 Å². The van der Waals surface area contributed by atoms with E-state index in [2.05, 4.69) is 21.3 Å². The molecule has 3 heterocycles. The van der Waals surface area contributed by atoms with Crippen molar-refractivity contribution in [3.63, 3.8) is 0 Å². The van der Waals surface area contributed by atoms with E-state index < -0.39 is 5.69 Å². The van der Waals surface area contributed by atoms with Crippen LogP contribution in [0.4, 0.5) is 5.13 Å². The second-order valence-corrected chi connectivity index (χ2v) is 8.91. The molecule has 0 radical (unpaired) electrons. The molecule has 9 heteroatoms. The van der Waals surface area contributed by atoms with Gasteiger partial charge in [-0.2, -0.15) is 0 Å². The van der Waals surface area contributed by atoms with E-state index in [1.165, 1.54) is 28.5 Å². The number of nitrogens with one attached hydrogen (secondary N) is 1. The van der Waals surface area contributed by atoms with Crippen molar-refractivity contribution in [3.05, 3.63) is 56.2 Å². The number of hydrogen-bond donors (Lipinski definition) is 1. The average Bonchev–Trinajstić information content (AvgIpc) is 3.49. The Morgan fingerprint density at radius 2 is 2.00 bits per heavy atom. The number of nitrogens with zero attached hydrogens (tertiary/aromatic N) is 4. The number of hydrogen-bond acceptors (Lipinski definition) is 6. The highest BCUT2D eigenvalue weighted by Gasteiger charge is 2.25. The van der Waals surface area contributed by atoms with Crippen molar-refractivity contribution in [3.8, 4) is 0 Å². The Morgan fingerprint density at radius 3 is 2.80 bits per heavy atom. The number of amides is 1. The zero-order valence-corrected chi connectivity index (χ0v) is 17.6. The minimum atomic E-state index is -0.521. The Bertz CT molecular complexity index is 1250. The van der Waals surface area contributed by atoms with Crippen molar-refractivity contribution in [1.29, 1.82) is 0 Å². The van der Waals surface area contributed by atoms with Crippen LogP contribution in [0.25, 0.3) is 10.3 Å². The lowest BCUT2D eigenvalue weighted by Gasteiger charge is -2.15. The number of fused-ring (bicyclic) bond motifs is 2. The van der Waals surface area contributed by atoms with Crippen LogP contribution < -0.4 is 21.5 Å². The number of rotatable bonds is 4. The third-order valence-electron chi connectivity index (χ3n) is 6.02. The van der Waals surface area contributed by atoms with Crippen LogP contribution in [0.1, 0.15) is 36.4 Å². The molecule has 0 unspecified atom stereocenters. The van der Waals surface area contributed by atoms with Crippen LogP contribution in [0.2, 0.25) is 0 Å². The summed E-state index contributed by atoms with van der Waals surface area (Å²) in [7, 11) is 1.45. The number of anilines is 1. The molecule has 1 fully saturated rings. The van der Waals surface area contributed by atoms with Crippen LogP contribution in [0.5, 0.6) is 0 Å². The molecule has 5 rings (SSSR count). The molecule has 8 nitrogen and oxygen atoms in total. The Kier molecular flexibility index (Phi) is 4.69. The summed E-state index contributed by atoms with van der Waals surface area (Å²) >= 11 is 1.30. The molecule has 0 spiro atoms. The van der Waals surface area contributed by atoms with Gasteiger partial charge in [0.15, 0.2) is 10.8 Å². The molecule has 1 aliphatic heterocycles. The van der Waals surface area contributed by atoms with Gasteiger partial charge in [-0.3, -0.25) is 18.7 Å². The van der Waals surface area contributed by atoms with Crippen molar-refractivity contribution in [1.82, 2.24) is 19.4 Å². The fourth-order valence-corrected chi connectivity index (χ4v) is 5.51. The normalized spacial score (nSPS) is 18.2. The van der Waals surface area contributed by atoms with E-state index in [4.69, 9.17) is 0 Å². The summed E-state index contributed by atoms with van der Waals surface area (Å²) in [5.74, 6) is -0.255. The van der Waals surface area contributed by atoms with E-state index in [1.54, 1.807) is 0 Å². The standard InChI is InChI=1S/C21H23N5O3S/c1-24-19(28)17-18(23-20(30-17)25-10-4-5-11-25)26(21(24)29)12-16(27)22-15-9-8-13-6-2-3-7-14(13)15/h2-3,6-7,15H,4-5,8-12H2,1H3,(H,22,27)/t15-/m0/s1. The van der Waals surface area contributed by atoms with Crippen molar-refractivity contribution in [2.45, 2.75) is 38.3 Å². The SMILES string of the molecule is Cn1c(=O)c2sc(N3CCCC3)nc2n(CC(=O)N[C@H]2CCc3ccccc32)c1=O. The highest BCUT2D eigenvalue weighted by Crippen LogP contribution is 2.31. The zero-order chi connectivity index (χ0) is 20.8. The molecule has 1 aromatic carbocycles. The molecule has 2 aromatic heterocycles. The molecular weight excluding hydrogens is 402 g/mol. The van der Waals surface area contributed by atoms with Gasteiger partial charge in [0.25, 0.3) is 5.56 Å². The lowest BCUT2D eigenvalue weighted by atomic mass is 10.1. The van der Waals surface area contributed by atoms with Crippen LogP contribution in [-0.2, 0) is 24.8 Å². The number of aromatic nitrogens is 3. The second kappa shape index (κ2) is 7.39. The fourth-order valence-electron chi connectivity index (χ4n) is 4.41. The summed E-state index contributed by atoms with van der Waals surface area (Å²) in [6, 6.07) is 8.04. The number of benzene rings is 1. The fraction of sp³-hybridized carbons (Fsp3) is 0.429. The van der Waals surface area contributed by atoms with Crippen LogP contribution in [0.3, 0.4) is 0 Å². The van der Waals surface area contributed by atoms with Gasteiger partial charge in [-0.05, 0) is 36.8 Å². The number of thiazole rings is 1. The predicted octanol–water partition coefficient (Wildman–Crippen LogP) is 1.56. The molecule has 1 N–H and O–H groups in total. The number of carbonyl (C=O) groups excluding carboxylic acids is 1. The molecule has 0 saturated carbocycles. The van der Waals surface area contributed by atoms with E-state index in [9.17, 15) is 14.4 Å². The highest BCUT2D eigenvalue weighted by atomic mass is 32.1. The Morgan fingerprint density at radius 1 is 1.23 bits per heavy atom. The van der Waals surface area contributed by atoms with Crippen LogP contribution in [0, 0.1) is 0 Å². The summed E-state index contributed by atoms with van der Waals surface area (Å²) in [6.07, 6.45) is 3.95. The summed E-state index contributed by atoms with van der Waals surface area (Å²) in [4.78, 5) is 45.0. The van der Waals surface area contributed by atoms with E-state index in [1.807, 2.05) is 18.2 Å². The van der Waals surface area contributed by atoms with Crippen LogP contribution in [-0.4, -0.2) is 33.1 Å². The first-order chi connectivity index (χ1) is 14.5. The lowest BCUT2D eigenvalue weighted by molar-refractivity contribution is -0.122. The maximum Gasteiger partial charge on any atom is 0.332 e. The smallest absolute Gasteiger partial charge is 0.332 e. The number of carbonyl (C=O) groups is 1. The topological polar surface area (TPSA) is 89.2 Å². The summed E-state index contributed by atoms with van der Waals surface area (Å²) < 4.78 is 2.80. The van der Waals surface area contributed by atoms with Gasteiger partial charge < -0.3 is 10.2 Å². The molecule has 0 bridgehead atoms. The predicted molar refractivity (Wildman–Crippen MR) is 116 cm³/mol. The zero-order valence-electron chi connectivity index (χ0n) is 16.8. The van der Waals surface area contributed by atoms with Crippen molar-refractivity contribution in [2.75, 3.05) is 18.0 Å². The van der Waals surface area contributed by atoms with Crippen LogP contribution >= 0.6 is 11.3 Å². The molecule has 1 aliphatic carbocycles.